The lowest BCUT2D eigenvalue weighted by molar-refractivity contribution is -0.148. The molecule has 1 aliphatic heterocycles. The Morgan fingerprint density at radius 2 is 1.89 bits per heavy atom. The number of esters is 1. The highest BCUT2D eigenvalue weighted by Crippen LogP contribution is 2.33. The number of amides is 1. The third-order valence-corrected chi connectivity index (χ3v) is 5.81. The van der Waals surface area contributed by atoms with E-state index < -0.39 is 17.4 Å². The smallest absolute Gasteiger partial charge is 0.331 e. The van der Waals surface area contributed by atoms with Crippen LogP contribution in [-0.4, -0.2) is 49.2 Å². The van der Waals surface area contributed by atoms with Gasteiger partial charge in [0.15, 0.2) is 0 Å². The summed E-state index contributed by atoms with van der Waals surface area (Å²) in [5, 5.41) is 2.85. The number of carbonyl (C=O) groups excluding carboxylic acids is 2. The molecule has 0 atom stereocenters. The predicted octanol–water partition coefficient (Wildman–Crippen LogP) is 2.93. The fraction of sp³-hybridized carbons (Fsp3) is 0.667. The Morgan fingerprint density at radius 3 is 2.46 bits per heavy atom. The molecule has 2 aliphatic rings. The first-order chi connectivity index (χ1) is 13.5. The van der Waals surface area contributed by atoms with Crippen molar-refractivity contribution in [3.63, 3.8) is 0 Å². The second kappa shape index (κ2) is 8.80. The monoisotopic (exact) mass is 389 g/mol. The first kappa shape index (κ1) is 20.4. The minimum Gasteiger partial charge on any atom is -0.476 e. The summed E-state index contributed by atoms with van der Waals surface area (Å²) in [4.78, 5) is 31.9. The SMILES string of the molecule is CCC(CC)(NC(=O)c1ccc(N2CCCC2)c(OCC2CC2)n1)C(=O)OC. The van der Waals surface area contributed by atoms with Gasteiger partial charge in [-0.3, -0.25) is 4.79 Å². The second-order valence-corrected chi connectivity index (χ2v) is 7.70. The van der Waals surface area contributed by atoms with Crippen LogP contribution in [-0.2, 0) is 9.53 Å². The number of ether oxygens (including phenoxy) is 2. The van der Waals surface area contributed by atoms with Crippen LogP contribution in [0.2, 0.25) is 0 Å². The van der Waals surface area contributed by atoms with E-state index in [1.54, 1.807) is 6.07 Å². The molecular formula is C21H31N3O4. The predicted molar refractivity (Wildman–Crippen MR) is 107 cm³/mol. The first-order valence-electron chi connectivity index (χ1n) is 10.3. The van der Waals surface area contributed by atoms with Gasteiger partial charge in [0, 0.05) is 13.1 Å². The standard InChI is InChI=1S/C21H31N3O4/c1-4-21(5-2,20(26)27-3)23-18(25)16-10-11-17(24-12-6-7-13-24)19(22-16)28-14-15-8-9-15/h10-11,15H,4-9,12-14H2,1-3H3,(H,23,25). The van der Waals surface area contributed by atoms with E-state index in [-0.39, 0.29) is 5.69 Å². The maximum Gasteiger partial charge on any atom is 0.331 e. The van der Waals surface area contributed by atoms with E-state index in [0.717, 1.165) is 31.6 Å². The van der Waals surface area contributed by atoms with Gasteiger partial charge in [0.2, 0.25) is 5.88 Å². The fourth-order valence-corrected chi connectivity index (χ4v) is 3.59. The molecule has 7 nitrogen and oxygen atoms in total. The van der Waals surface area contributed by atoms with Gasteiger partial charge in [-0.2, -0.15) is 0 Å². The van der Waals surface area contributed by atoms with Gasteiger partial charge < -0.3 is 19.7 Å². The normalized spacial score (nSPS) is 16.8. The molecule has 0 aromatic carbocycles. The molecule has 0 bridgehead atoms. The molecule has 1 aliphatic carbocycles. The Labute approximate surface area is 166 Å². The molecule has 1 N–H and O–H groups in total. The highest BCUT2D eigenvalue weighted by molar-refractivity contribution is 5.97. The van der Waals surface area contributed by atoms with Crippen molar-refractivity contribution >= 4 is 17.6 Å². The Balaban J connectivity index is 1.82. The van der Waals surface area contributed by atoms with Crippen molar-refractivity contribution in [2.24, 2.45) is 5.92 Å². The average molecular weight is 389 g/mol. The van der Waals surface area contributed by atoms with Crippen LogP contribution in [0.25, 0.3) is 0 Å². The summed E-state index contributed by atoms with van der Waals surface area (Å²) in [5.74, 6) is 0.277. The minimum absolute atomic E-state index is 0.254. The topological polar surface area (TPSA) is 80.8 Å². The van der Waals surface area contributed by atoms with Crippen molar-refractivity contribution in [1.29, 1.82) is 0 Å². The Hall–Kier alpha value is -2.31. The lowest BCUT2D eigenvalue weighted by Gasteiger charge is -2.29. The number of aromatic nitrogens is 1. The summed E-state index contributed by atoms with van der Waals surface area (Å²) in [6, 6.07) is 3.62. The largest absolute Gasteiger partial charge is 0.476 e. The molecule has 1 amide bonds. The van der Waals surface area contributed by atoms with Crippen molar-refractivity contribution in [2.45, 2.75) is 57.9 Å². The average Bonchev–Trinajstić information content (AvgIpc) is 3.40. The van der Waals surface area contributed by atoms with Crippen LogP contribution < -0.4 is 15.0 Å². The first-order valence-corrected chi connectivity index (χ1v) is 10.3. The number of nitrogens with one attached hydrogen (secondary N) is 1. The minimum atomic E-state index is -1.05. The van der Waals surface area contributed by atoms with Gasteiger partial charge in [-0.25, -0.2) is 9.78 Å². The zero-order chi connectivity index (χ0) is 20.1. The molecule has 154 valence electrons. The van der Waals surface area contributed by atoms with Gasteiger partial charge in [-0.05, 0) is 56.6 Å². The molecule has 28 heavy (non-hydrogen) atoms. The quantitative estimate of drug-likeness (QED) is 0.654. The van der Waals surface area contributed by atoms with Crippen LogP contribution >= 0.6 is 0 Å². The highest BCUT2D eigenvalue weighted by atomic mass is 16.5. The zero-order valence-corrected chi connectivity index (χ0v) is 17.1. The van der Waals surface area contributed by atoms with E-state index in [9.17, 15) is 9.59 Å². The van der Waals surface area contributed by atoms with Crippen molar-refractivity contribution in [1.82, 2.24) is 10.3 Å². The van der Waals surface area contributed by atoms with E-state index in [1.807, 2.05) is 19.9 Å². The number of carbonyl (C=O) groups is 2. The Kier molecular flexibility index (Phi) is 6.42. The number of hydrogen-bond donors (Lipinski definition) is 1. The molecule has 0 radical (unpaired) electrons. The number of hydrogen-bond acceptors (Lipinski definition) is 6. The van der Waals surface area contributed by atoms with Gasteiger partial charge in [0.25, 0.3) is 5.91 Å². The number of nitrogens with zero attached hydrogens (tertiary/aromatic N) is 2. The van der Waals surface area contributed by atoms with E-state index in [2.05, 4.69) is 15.2 Å². The highest BCUT2D eigenvalue weighted by Gasteiger charge is 2.38. The number of methoxy groups -OCH3 is 1. The van der Waals surface area contributed by atoms with Crippen LogP contribution in [0.3, 0.4) is 0 Å². The summed E-state index contributed by atoms with van der Waals surface area (Å²) in [6.45, 7) is 6.30. The lowest BCUT2D eigenvalue weighted by Crippen LogP contribution is -2.54. The van der Waals surface area contributed by atoms with Crippen molar-refractivity contribution < 1.29 is 19.1 Å². The molecule has 0 spiro atoms. The van der Waals surface area contributed by atoms with Gasteiger partial charge in [0.05, 0.1) is 19.4 Å². The zero-order valence-electron chi connectivity index (χ0n) is 17.1. The van der Waals surface area contributed by atoms with Crippen molar-refractivity contribution in [3.05, 3.63) is 17.8 Å². The fourth-order valence-electron chi connectivity index (χ4n) is 3.59. The molecule has 7 heteroatoms. The molecule has 2 heterocycles. The van der Waals surface area contributed by atoms with Crippen molar-refractivity contribution in [2.75, 3.05) is 31.7 Å². The number of anilines is 1. The van der Waals surface area contributed by atoms with Crippen LogP contribution in [0.5, 0.6) is 5.88 Å². The van der Waals surface area contributed by atoms with E-state index >= 15 is 0 Å². The van der Waals surface area contributed by atoms with Crippen LogP contribution in [0.4, 0.5) is 5.69 Å². The van der Waals surface area contributed by atoms with Crippen LogP contribution in [0.15, 0.2) is 12.1 Å². The third-order valence-electron chi connectivity index (χ3n) is 5.81. The molecule has 3 rings (SSSR count). The second-order valence-electron chi connectivity index (χ2n) is 7.70. The number of pyridine rings is 1. The summed E-state index contributed by atoms with van der Waals surface area (Å²) >= 11 is 0. The van der Waals surface area contributed by atoms with Gasteiger partial charge >= 0.3 is 5.97 Å². The molecule has 1 saturated heterocycles. The summed E-state index contributed by atoms with van der Waals surface area (Å²) < 4.78 is 10.9. The van der Waals surface area contributed by atoms with Crippen LogP contribution in [0, 0.1) is 5.92 Å². The molecule has 1 saturated carbocycles. The summed E-state index contributed by atoms with van der Waals surface area (Å²) in [7, 11) is 1.33. The Bertz CT molecular complexity index is 708. The molecule has 2 fully saturated rings. The van der Waals surface area contributed by atoms with E-state index in [4.69, 9.17) is 9.47 Å². The lowest BCUT2D eigenvalue weighted by atomic mass is 9.92. The summed E-state index contributed by atoms with van der Waals surface area (Å²) in [6.07, 6.45) is 5.57. The molecule has 0 unspecified atom stereocenters. The number of rotatable bonds is 9. The van der Waals surface area contributed by atoms with Gasteiger partial charge in [0.1, 0.15) is 11.2 Å². The molecule has 1 aromatic rings. The summed E-state index contributed by atoms with van der Waals surface area (Å²) in [5.41, 5.74) is 0.153. The molecular weight excluding hydrogens is 358 g/mol. The van der Waals surface area contributed by atoms with Gasteiger partial charge in [-0.1, -0.05) is 13.8 Å². The third kappa shape index (κ3) is 4.39. The van der Waals surface area contributed by atoms with Crippen molar-refractivity contribution in [3.8, 4) is 5.88 Å². The van der Waals surface area contributed by atoms with E-state index in [0.29, 0.717) is 31.2 Å². The maximum atomic E-state index is 12.9. The Morgan fingerprint density at radius 1 is 1.21 bits per heavy atom. The van der Waals surface area contributed by atoms with E-state index in [1.165, 1.54) is 20.0 Å². The van der Waals surface area contributed by atoms with Crippen LogP contribution in [0.1, 0.15) is 62.9 Å². The maximum absolute atomic E-state index is 12.9. The molecule has 1 aromatic heterocycles. The van der Waals surface area contributed by atoms with Gasteiger partial charge in [-0.15, -0.1) is 0 Å².